The zero-order valence-electron chi connectivity index (χ0n) is 35.0. The van der Waals surface area contributed by atoms with Gasteiger partial charge in [-0.15, -0.1) is 0 Å². The molecule has 15 heteroatoms. The van der Waals surface area contributed by atoms with E-state index in [-0.39, 0.29) is 35.7 Å². The van der Waals surface area contributed by atoms with Gasteiger partial charge in [0.05, 0.1) is 24.1 Å². The van der Waals surface area contributed by atoms with Gasteiger partial charge in [0.1, 0.15) is 29.5 Å². The molecule has 4 aliphatic carbocycles. The number of ether oxygens (including phenoxy) is 6. The van der Waals surface area contributed by atoms with Crippen molar-refractivity contribution in [1.82, 2.24) is 5.32 Å². The first kappa shape index (κ1) is 43.0. The molecule has 1 spiro atoms. The highest BCUT2D eigenvalue weighted by Gasteiger charge is 2.84. The van der Waals surface area contributed by atoms with Crippen LogP contribution in [0.1, 0.15) is 96.6 Å². The predicted molar refractivity (Wildman–Crippen MR) is 210 cm³/mol. The van der Waals surface area contributed by atoms with Crippen LogP contribution in [-0.4, -0.2) is 99.9 Å². The maximum atomic E-state index is 15.4. The normalized spacial score (nSPS) is 33.3. The van der Waals surface area contributed by atoms with Gasteiger partial charge >= 0.3 is 30.0 Å². The van der Waals surface area contributed by atoms with E-state index in [1.165, 1.54) is 19.1 Å². The van der Waals surface area contributed by atoms with Gasteiger partial charge in [-0.05, 0) is 75.3 Å². The number of hydrogen-bond donors (Lipinski definition) is 3. The van der Waals surface area contributed by atoms with Crippen LogP contribution in [0.3, 0.4) is 0 Å². The van der Waals surface area contributed by atoms with Crippen LogP contribution in [0.5, 0.6) is 0 Å². The van der Waals surface area contributed by atoms with Crippen molar-refractivity contribution in [3.63, 3.8) is 0 Å². The number of nitrogens with one attached hydrogen (secondary N) is 1. The predicted octanol–water partition coefficient (Wildman–Crippen LogP) is 4.47. The Morgan fingerprint density at radius 3 is 2.10 bits per heavy atom. The van der Waals surface area contributed by atoms with Crippen molar-refractivity contribution >= 4 is 35.8 Å². The van der Waals surface area contributed by atoms with Crippen molar-refractivity contribution < 1.29 is 67.4 Å². The fraction of sp³-hybridized carbons (Fsp3) is 0.556. The molecule has 2 aromatic rings. The summed E-state index contributed by atoms with van der Waals surface area (Å²) in [6.07, 6.45) is -8.18. The standard InChI is InChI=1S/C45H53NO14/c1-23-29(57-39(52)33(49)32(26-15-11-9-12-16-26)46-40(53)60-41(4,5)6)21-45(54)37(58-38(51)27-17-13-10-14-18-27)35-43(36(50)34(56-24(2)47)31(23)42(45,7)8)20-28(43)19-30-44(35,22-55-30)59-25(3)48/h9-18,28-30,32-35,37,49,54H,19-22H2,1-8H3,(H,46,53)/t28-,29?,30?,32+,33?,34-,35?,37?,43?,44+,45-/m1/s1. The molecule has 11 atom stereocenters. The Kier molecular flexibility index (Phi) is 10.8. The smallest absolute Gasteiger partial charge is 0.408 e. The van der Waals surface area contributed by atoms with Crippen molar-refractivity contribution in [3.05, 3.63) is 82.9 Å². The molecule has 1 aliphatic heterocycles. The van der Waals surface area contributed by atoms with Gasteiger partial charge in [0.15, 0.2) is 23.6 Å². The highest BCUT2D eigenvalue weighted by atomic mass is 16.6. The number of rotatable bonds is 9. The molecule has 322 valence electrons. The molecule has 7 rings (SSSR count). The third-order valence-corrected chi connectivity index (χ3v) is 13.2. The topological polar surface area (TPSA) is 210 Å². The lowest BCUT2D eigenvalue weighted by atomic mass is 9.48. The molecule has 1 heterocycles. The lowest BCUT2D eigenvalue weighted by Crippen LogP contribution is -2.78. The minimum Gasteiger partial charge on any atom is -0.456 e. The van der Waals surface area contributed by atoms with Gasteiger partial charge in [0.2, 0.25) is 0 Å². The van der Waals surface area contributed by atoms with E-state index in [9.17, 15) is 34.2 Å². The monoisotopic (exact) mass is 831 g/mol. The van der Waals surface area contributed by atoms with Crippen molar-refractivity contribution in [2.75, 3.05) is 6.61 Å². The Hall–Kier alpha value is -5.12. The fourth-order valence-electron chi connectivity index (χ4n) is 10.4. The van der Waals surface area contributed by atoms with Crippen LogP contribution >= 0.6 is 0 Å². The highest BCUT2D eigenvalue weighted by Crippen LogP contribution is 2.74. The van der Waals surface area contributed by atoms with E-state index >= 15 is 4.79 Å². The summed E-state index contributed by atoms with van der Waals surface area (Å²) in [6.45, 7) is 12.0. The molecule has 15 nitrogen and oxygen atoms in total. The Morgan fingerprint density at radius 1 is 0.900 bits per heavy atom. The first-order chi connectivity index (χ1) is 28.1. The summed E-state index contributed by atoms with van der Waals surface area (Å²) in [5.74, 6) is -5.65. The number of fused-ring (bicyclic) bond motifs is 4. The number of Topliss-reactive ketones (excluding diaryl/α,β-unsaturated/α-hetero) is 1. The van der Waals surface area contributed by atoms with Crippen LogP contribution in [-0.2, 0) is 47.6 Å². The molecule has 1 amide bonds. The number of ketones is 1. The largest absolute Gasteiger partial charge is 0.456 e. The number of alkyl carbamates (subject to hydrolysis) is 1. The third-order valence-electron chi connectivity index (χ3n) is 13.2. The van der Waals surface area contributed by atoms with E-state index in [1.807, 2.05) is 0 Å². The molecular weight excluding hydrogens is 778 g/mol. The maximum Gasteiger partial charge on any atom is 0.408 e. The van der Waals surface area contributed by atoms with Crippen LogP contribution in [0.25, 0.3) is 0 Å². The minimum absolute atomic E-state index is 0.128. The van der Waals surface area contributed by atoms with Crippen LogP contribution in [0.2, 0.25) is 0 Å². The minimum atomic E-state index is -2.25. The second-order valence-corrected chi connectivity index (χ2v) is 18.3. The summed E-state index contributed by atoms with van der Waals surface area (Å²) in [5, 5.41) is 27.9. The zero-order chi connectivity index (χ0) is 43.7. The average molecular weight is 832 g/mol. The van der Waals surface area contributed by atoms with Gasteiger partial charge in [-0.2, -0.15) is 0 Å². The number of benzene rings is 2. The van der Waals surface area contributed by atoms with Crippen molar-refractivity contribution in [1.29, 1.82) is 0 Å². The second-order valence-electron chi connectivity index (χ2n) is 18.3. The molecule has 5 aliphatic rings. The lowest BCUT2D eigenvalue weighted by Gasteiger charge is -2.64. The number of aliphatic hydroxyl groups excluding tert-OH is 1. The summed E-state index contributed by atoms with van der Waals surface area (Å²) in [5.41, 5.74) is -6.79. The average Bonchev–Trinajstić information content (AvgIpc) is 3.90. The van der Waals surface area contributed by atoms with Crippen LogP contribution in [0, 0.1) is 22.7 Å². The van der Waals surface area contributed by atoms with E-state index < -0.39 is 112 Å². The Morgan fingerprint density at radius 2 is 1.53 bits per heavy atom. The van der Waals surface area contributed by atoms with E-state index in [0.717, 1.165) is 6.92 Å². The first-order valence-electron chi connectivity index (χ1n) is 20.2. The van der Waals surface area contributed by atoms with Gasteiger partial charge in [0.25, 0.3) is 0 Å². The summed E-state index contributed by atoms with van der Waals surface area (Å²) < 4.78 is 36.0. The third kappa shape index (κ3) is 7.07. The SMILES string of the molecule is CC(=O)O[C@H]1C(=O)C23C[C@H]2CC2OC[C@@]2(OC(C)=O)C3C(OC(=O)c2ccccc2)[C@]2(O)CC(OC(=O)C(O)[C@@H](NC(=O)OC(C)(C)C)c3ccccc3)C(C)=C1C2(C)C. The number of hydrogen-bond acceptors (Lipinski definition) is 14. The van der Waals surface area contributed by atoms with Crippen LogP contribution in [0.15, 0.2) is 71.8 Å². The molecule has 3 N–H and O–H groups in total. The summed E-state index contributed by atoms with van der Waals surface area (Å²) in [4.78, 5) is 82.8. The maximum absolute atomic E-state index is 15.4. The molecule has 1 saturated heterocycles. The van der Waals surface area contributed by atoms with E-state index in [4.69, 9.17) is 28.4 Å². The van der Waals surface area contributed by atoms with Crippen LogP contribution in [0.4, 0.5) is 4.79 Å². The summed E-state index contributed by atoms with van der Waals surface area (Å²) in [6, 6.07) is 14.9. The lowest BCUT2D eigenvalue weighted by molar-refractivity contribution is -0.323. The Labute approximate surface area is 348 Å². The van der Waals surface area contributed by atoms with Gasteiger partial charge in [-0.25, -0.2) is 14.4 Å². The molecular formula is C45H53NO14. The quantitative estimate of drug-likeness (QED) is 0.181. The molecule has 0 radical (unpaired) electrons. The van der Waals surface area contributed by atoms with Gasteiger partial charge < -0.3 is 44.0 Å². The summed E-state index contributed by atoms with van der Waals surface area (Å²) >= 11 is 0. The summed E-state index contributed by atoms with van der Waals surface area (Å²) in [7, 11) is 0. The van der Waals surface area contributed by atoms with Gasteiger partial charge in [-0.1, -0.05) is 62.4 Å². The fourth-order valence-corrected chi connectivity index (χ4v) is 10.4. The number of esters is 4. The molecule has 2 aromatic carbocycles. The van der Waals surface area contributed by atoms with Crippen molar-refractivity contribution in [2.45, 2.75) is 128 Å². The first-order valence-corrected chi connectivity index (χ1v) is 20.2. The Balaban J connectivity index is 1.37. The molecule has 0 aromatic heterocycles. The van der Waals surface area contributed by atoms with Crippen LogP contribution < -0.4 is 5.32 Å². The van der Waals surface area contributed by atoms with E-state index in [0.29, 0.717) is 12.0 Å². The van der Waals surface area contributed by atoms with E-state index in [1.54, 1.807) is 90.1 Å². The molecule has 60 heavy (non-hydrogen) atoms. The van der Waals surface area contributed by atoms with Crippen molar-refractivity contribution in [2.24, 2.45) is 22.7 Å². The number of aliphatic hydroxyl groups is 2. The number of carbonyl (C=O) groups is 6. The van der Waals surface area contributed by atoms with Gasteiger partial charge in [-0.3, -0.25) is 14.4 Å². The zero-order valence-corrected chi connectivity index (χ0v) is 35.0. The van der Waals surface area contributed by atoms with Gasteiger partial charge in [0, 0.05) is 31.1 Å². The molecule has 6 unspecified atom stereocenters. The van der Waals surface area contributed by atoms with Crippen molar-refractivity contribution in [3.8, 4) is 0 Å². The highest BCUT2D eigenvalue weighted by molar-refractivity contribution is 5.97. The molecule has 3 saturated carbocycles. The van der Waals surface area contributed by atoms with E-state index in [2.05, 4.69) is 5.32 Å². The molecule has 4 fully saturated rings. The molecule has 2 bridgehead atoms. The second kappa shape index (κ2) is 15.1. The number of amides is 1. The number of carbonyl (C=O) groups excluding carboxylic acids is 6. The Bertz CT molecular complexity index is 2110.